The minimum atomic E-state index is 0.629. The molecule has 2 aromatic carbocycles. The van der Waals surface area contributed by atoms with Crippen LogP contribution in [0.1, 0.15) is 110 Å². The molecule has 0 spiro atoms. The van der Waals surface area contributed by atoms with Crippen molar-refractivity contribution in [2.75, 3.05) is 10.6 Å². The van der Waals surface area contributed by atoms with Gasteiger partial charge in [-0.05, 0) is 81.8 Å². The van der Waals surface area contributed by atoms with Crippen molar-refractivity contribution >= 4 is 23.0 Å². The standard InChI is InChI=1S/C35H48N4/c1-7-8-9-10-11-12-13-14-15-16-17-30-29(6)34(37-32-20-18-25(2)22-27(32)4)39-35(31(30)24-36)38-33-21-19-26(3)23-28(33)5/h18-23H,7-17H2,1-6H3,(H2,37,38,39). The summed E-state index contributed by atoms with van der Waals surface area (Å²) in [5, 5.41) is 17.4. The topological polar surface area (TPSA) is 60.7 Å². The van der Waals surface area contributed by atoms with Gasteiger partial charge in [0.1, 0.15) is 11.9 Å². The van der Waals surface area contributed by atoms with Gasteiger partial charge in [0.25, 0.3) is 0 Å². The SMILES string of the molecule is CCCCCCCCCCCCc1c(C)c(Nc2ccc(C)cc2C)nc(Nc2ccc(C)cc2C)c1C#N. The van der Waals surface area contributed by atoms with Crippen LogP contribution in [0.15, 0.2) is 36.4 Å². The lowest BCUT2D eigenvalue weighted by Crippen LogP contribution is -2.09. The Morgan fingerprint density at radius 1 is 0.667 bits per heavy atom. The first-order valence-electron chi connectivity index (χ1n) is 15.0. The molecule has 3 aromatic rings. The molecule has 0 aliphatic heterocycles. The highest BCUT2D eigenvalue weighted by molar-refractivity contribution is 5.74. The smallest absolute Gasteiger partial charge is 0.151 e. The molecular weight excluding hydrogens is 476 g/mol. The molecule has 1 heterocycles. The lowest BCUT2D eigenvalue weighted by atomic mass is 9.96. The monoisotopic (exact) mass is 524 g/mol. The summed E-state index contributed by atoms with van der Waals surface area (Å²) in [5.74, 6) is 1.44. The van der Waals surface area contributed by atoms with E-state index in [9.17, 15) is 5.26 Å². The van der Waals surface area contributed by atoms with Gasteiger partial charge in [-0.15, -0.1) is 0 Å². The average Bonchev–Trinajstić information content (AvgIpc) is 2.90. The van der Waals surface area contributed by atoms with Crippen LogP contribution >= 0.6 is 0 Å². The van der Waals surface area contributed by atoms with Crippen LogP contribution < -0.4 is 10.6 Å². The van der Waals surface area contributed by atoms with Crippen molar-refractivity contribution in [3.8, 4) is 6.07 Å². The van der Waals surface area contributed by atoms with Gasteiger partial charge < -0.3 is 10.6 Å². The summed E-state index contributed by atoms with van der Waals surface area (Å²) in [7, 11) is 0. The van der Waals surface area contributed by atoms with E-state index in [4.69, 9.17) is 4.98 Å². The molecule has 0 aliphatic rings. The number of nitrogens with one attached hydrogen (secondary N) is 2. The first-order valence-corrected chi connectivity index (χ1v) is 15.0. The maximum atomic E-state index is 10.3. The van der Waals surface area contributed by atoms with E-state index in [1.165, 1.54) is 74.5 Å². The fourth-order valence-corrected chi connectivity index (χ4v) is 5.32. The van der Waals surface area contributed by atoms with Gasteiger partial charge in [-0.3, -0.25) is 0 Å². The Bertz CT molecular complexity index is 1270. The molecule has 0 atom stereocenters. The second-order valence-corrected chi connectivity index (χ2v) is 11.2. The van der Waals surface area contributed by atoms with Gasteiger partial charge in [0, 0.05) is 11.4 Å². The van der Waals surface area contributed by atoms with E-state index in [1.54, 1.807) is 0 Å². The number of nitriles is 1. The number of rotatable bonds is 15. The van der Waals surface area contributed by atoms with Crippen molar-refractivity contribution in [1.82, 2.24) is 4.98 Å². The summed E-state index contributed by atoms with van der Waals surface area (Å²) in [5.41, 5.74) is 9.63. The van der Waals surface area contributed by atoms with Crippen LogP contribution in [0.2, 0.25) is 0 Å². The molecule has 0 bridgehead atoms. The molecule has 0 fully saturated rings. The van der Waals surface area contributed by atoms with Gasteiger partial charge in [0.2, 0.25) is 0 Å². The number of hydrogen-bond acceptors (Lipinski definition) is 4. The third kappa shape index (κ3) is 8.85. The molecule has 0 amide bonds. The van der Waals surface area contributed by atoms with E-state index in [1.807, 2.05) is 0 Å². The average molecular weight is 525 g/mol. The number of pyridine rings is 1. The van der Waals surface area contributed by atoms with Crippen LogP contribution in [0.5, 0.6) is 0 Å². The molecule has 0 radical (unpaired) electrons. The number of aromatic nitrogens is 1. The normalized spacial score (nSPS) is 10.9. The Hall–Kier alpha value is -3.32. The second-order valence-electron chi connectivity index (χ2n) is 11.2. The zero-order chi connectivity index (χ0) is 28.2. The number of nitrogens with zero attached hydrogens (tertiary/aromatic N) is 2. The van der Waals surface area contributed by atoms with Crippen molar-refractivity contribution in [2.45, 2.75) is 112 Å². The predicted octanol–water partition coefficient (Wildman–Crippen LogP) is 10.4. The fourth-order valence-electron chi connectivity index (χ4n) is 5.32. The van der Waals surface area contributed by atoms with Crippen molar-refractivity contribution in [3.63, 3.8) is 0 Å². The lowest BCUT2D eigenvalue weighted by molar-refractivity contribution is 0.556. The predicted molar refractivity (Wildman–Crippen MR) is 168 cm³/mol. The van der Waals surface area contributed by atoms with Crippen molar-refractivity contribution in [1.29, 1.82) is 5.26 Å². The van der Waals surface area contributed by atoms with E-state index in [2.05, 4.69) is 94.6 Å². The maximum absolute atomic E-state index is 10.3. The van der Waals surface area contributed by atoms with Gasteiger partial charge in [0.15, 0.2) is 5.82 Å². The molecule has 4 nitrogen and oxygen atoms in total. The first kappa shape index (κ1) is 30.2. The molecule has 1 aromatic heterocycles. The summed E-state index contributed by atoms with van der Waals surface area (Å²) >= 11 is 0. The molecule has 0 unspecified atom stereocenters. The van der Waals surface area contributed by atoms with Crippen molar-refractivity contribution in [3.05, 3.63) is 75.3 Å². The Morgan fingerprint density at radius 3 is 1.64 bits per heavy atom. The quantitative estimate of drug-likeness (QED) is 0.194. The van der Waals surface area contributed by atoms with Crippen LogP contribution in [0.25, 0.3) is 0 Å². The van der Waals surface area contributed by atoms with Crippen LogP contribution in [0.4, 0.5) is 23.0 Å². The zero-order valence-electron chi connectivity index (χ0n) is 25.1. The maximum Gasteiger partial charge on any atom is 0.151 e. The molecule has 0 saturated heterocycles. The Morgan fingerprint density at radius 2 is 1.15 bits per heavy atom. The summed E-state index contributed by atoms with van der Waals surface area (Å²) < 4.78 is 0. The Balaban J connectivity index is 1.81. The minimum absolute atomic E-state index is 0.629. The Kier molecular flexibility index (Phi) is 11.9. The summed E-state index contributed by atoms with van der Waals surface area (Å²) in [4.78, 5) is 4.98. The van der Waals surface area contributed by atoms with Gasteiger partial charge in [0.05, 0.1) is 5.56 Å². The van der Waals surface area contributed by atoms with E-state index in [0.29, 0.717) is 11.4 Å². The zero-order valence-corrected chi connectivity index (χ0v) is 25.1. The van der Waals surface area contributed by atoms with Crippen molar-refractivity contribution in [2.24, 2.45) is 0 Å². The molecule has 39 heavy (non-hydrogen) atoms. The molecule has 0 saturated carbocycles. The third-order valence-electron chi connectivity index (χ3n) is 7.73. The number of anilines is 4. The van der Waals surface area contributed by atoms with Gasteiger partial charge in [-0.2, -0.15) is 5.26 Å². The molecule has 3 rings (SSSR count). The summed E-state index contributed by atoms with van der Waals surface area (Å²) in [6.07, 6.45) is 13.9. The van der Waals surface area contributed by atoms with E-state index in [0.717, 1.165) is 46.7 Å². The van der Waals surface area contributed by atoms with Crippen LogP contribution in [-0.2, 0) is 6.42 Å². The molecule has 0 aliphatic carbocycles. The van der Waals surface area contributed by atoms with Gasteiger partial charge in [-0.1, -0.05) is 100 Å². The number of aryl methyl sites for hydroxylation is 4. The third-order valence-corrected chi connectivity index (χ3v) is 7.73. The molecule has 4 heteroatoms. The van der Waals surface area contributed by atoms with Gasteiger partial charge >= 0.3 is 0 Å². The highest BCUT2D eigenvalue weighted by Gasteiger charge is 2.18. The fraction of sp³-hybridized carbons (Fsp3) is 0.486. The second kappa shape index (κ2) is 15.3. The van der Waals surface area contributed by atoms with Crippen LogP contribution in [-0.4, -0.2) is 4.98 Å². The van der Waals surface area contributed by atoms with Gasteiger partial charge in [-0.25, -0.2) is 4.98 Å². The Labute approximate surface area is 237 Å². The summed E-state index contributed by atoms with van der Waals surface area (Å²) in [6.45, 7) is 12.8. The lowest BCUT2D eigenvalue weighted by Gasteiger charge is -2.20. The highest BCUT2D eigenvalue weighted by Crippen LogP contribution is 2.33. The molecule has 208 valence electrons. The van der Waals surface area contributed by atoms with Crippen LogP contribution in [0.3, 0.4) is 0 Å². The molecule has 2 N–H and O–H groups in total. The van der Waals surface area contributed by atoms with E-state index < -0.39 is 0 Å². The largest absolute Gasteiger partial charge is 0.340 e. The number of benzene rings is 2. The number of unbranched alkanes of at least 4 members (excludes halogenated alkanes) is 9. The van der Waals surface area contributed by atoms with Crippen LogP contribution in [0, 0.1) is 45.9 Å². The molecular formula is C35H48N4. The number of hydrogen-bond donors (Lipinski definition) is 2. The highest BCUT2D eigenvalue weighted by atomic mass is 15.1. The van der Waals surface area contributed by atoms with E-state index >= 15 is 0 Å². The minimum Gasteiger partial charge on any atom is -0.340 e. The summed E-state index contributed by atoms with van der Waals surface area (Å²) in [6, 6.07) is 15.2. The van der Waals surface area contributed by atoms with Crippen molar-refractivity contribution < 1.29 is 0 Å². The van der Waals surface area contributed by atoms with E-state index in [-0.39, 0.29) is 0 Å². The first-order chi connectivity index (χ1) is 18.8.